The van der Waals surface area contributed by atoms with Gasteiger partial charge in [0.05, 0.1) is 17.5 Å². The van der Waals surface area contributed by atoms with Crippen molar-refractivity contribution >= 4 is 17.5 Å². The highest BCUT2D eigenvalue weighted by Crippen LogP contribution is 2.21. The van der Waals surface area contributed by atoms with Crippen LogP contribution in [0.2, 0.25) is 0 Å². The highest BCUT2D eigenvalue weighted by atomic mass is 16.3. The number of nitrogens with zero attached hydrogens (tertiary/aromatic N) is 1. The van der Waals surface area contributed by atoms with Crippen LogP contribution in [0.4, 0.5) is 5.69 Å². The molecular formula is C16H18N2O4. The third-order valence-corrected chi connectivity index (χ3v) is 3.17. The summed E-state index contributed by atoms with van der Waals surface area (Å²) >= 11 is 0. The second-order valence-corrected chi connectivity index (χ2v) is 4.69. The fourth-order valence-corrected chi connectivity index (χ4v) is 2.01. The minimum absolute atomic E-state index is 0.0127. The largest absolute Gasteiger partial charge is 0.459 e. The lowest BCUT2D eigenvalue weighted by Crippen LogP contribution is -2.31. The van der Waals surface area contributed by atoms with Crippen LogP contribution in [0.15, 0.2) is 47.1 Å². The van der Waals surface area contributed by atoms with Gasteiger partial charge >= 0.3 is 0 Å². The number of benzene rings is 1. The van der Waals surface area contributed by atoms with Crippen molar-refractivity contribution in [2.45, 2.75) is 6.42 Å². The first-order chi connectivity index (χ1) is 10.6. The minimum Gasteiger partial charge on any atom is -0.459 e. The summed E-state index contributed by atoms with van der Waals surface area (Å²) in [6.07, 6.45) is 1.91. The Kier molecular flexibility index (Phi) is 5.32. The van der Waals surface area contributed by atoms with E-state index < -0.39 is 0 Å². The highest BCUT2D eigenvalue weighted by molar-refractivity contribution is 6.09. The van der Waals surface area contributed by atoms with Crippen molar-refractivity contribution in [1.29, 1.82) is 0 Å². The van der Waals surface area contributed by atoms with Gasteiger partial charge in [-0.2, -0.15) is 0 Å². The summed E-state index contributed by atoms with van der Waals surface area (Å²) in [5.41, 5.74) is 0.883. The van der Waals surface area contributed by atoms with Crippen LogP contribution in [0, 0.1) is 0 Å². The molecule has 2 aromatic rings. The number of nitrogens with one attached hydrogen (secondary N) is 1. The van der Waals surface area contributed by atoms with E-state index in [4.69, 9.17) is 9.52 Å². The van der Waals surface area contributed by atoms with Crippen LogP contribution < -0.4 is 10.2 Å². The van der Waals surface area contributed by atoms with Gasteiger partial charge in [-0.15, -0.1) is 0 Å². The van der Waals surface area contributed by atoms with Gasteiger partial charge in [-0.3, -0.25) is 9.59 Å². The van der Waals surface area contributed by atoms with Crippen molar-refractivity contribution < 1.29 is 19.1 Å². The summed E-state index contributed by atoms with van der Waals surface area (Å²) in [6.45, 7) is 0.387. The monoisotopic (exact) mass is 302 g/mol. The smallest absolute Gasteiger partial charge is 0.293 e. The number of furan rings is 1. The molecule has 2 rings (SSSR count). The molecule has 0 aliphatic rings. The Bertz CT molecular complexity index is 637. The van der Waals surface area contributed by atoms with Crippen molar-refractivity contribution in [2.24, 2.45) is 0 Å². The van der Waals surface area contributed by atoms with Crippen molar-refractivity contribution in [3.05, 3.63) is 54.0 Å². The lowest BCUT2D eigenvalue weighted by molar-refractivity contribution is 0.0951. The van der Waals surface area contributed by atoms with Gasteiger partial charge in [0.2, 0.25) is 0 Å². The molecule has 0 bridgehead atoms. The van der Waals surface area contributed by atoms with Crippen LogP contribution in [0.1, 0.15) is 27.3 Å². The van der Waals surface area contributed by atoms with Gasteiger partial charge in [0.15, 0.2) is 5.76 Å². The van der Waals surface area contributed by atoms with Crippen LogP contribution in [0.5, 0.6) is 0 Å². The second-order valence-electron chi connectivity index (χ2n) is 4.69. The van der Waals surface area contributed by atoms with Gasteiger partial charge in [0, 0.05) is 20.2 Å². The Morgan fingerprint density at radius 2 is 2.00 bits per heavy atom. The SMILES string of the molecule is CN(C(=O)c1ccco1)c1ccccc1C(=O)NCCCO. The lowest BCUT2D eigenvalue weighted by atomic mass is 10.1. The predicted molar refractivity (Wildman–Crippen MR) is 81.9 cm³/mol. The molecular weight excluding hydrogens is 284 g/mol. The first kappa shape index (κ1) is 15.8. The van der Waals surface area contributed by atoms with E-state index in [9.17, 15) is 9.59 Å². The van der Waals surface area contributed by atoms with Gasteiger partial charge in [0.25, 0.3) is 11.8 Å². The quantitative estimate of drug-likeness (QED) is 0.795. The maximum Gasteiger partial charge on any atom is 0.293 e. The minimum atomic E-state index is -0.333. The number of amides is 2. The topological polar surface area (TPSA) is 82.8 Å². The number of carbonyl (C=O) groups is 2. The second kappa shape index (κ2) is 7.42. The van der Waals surface area contributed by atoms with Crippen molar-refractivity contribution in [3.63, 3.8) is 0 Å². The summed E-state index contributed by atoms with van der Waals surface area (Å²) in [5.74, 6) is -0.415. The van der Waals surface area contributed by atoms with Gasteiger partial charge < -0.3 is 19.7 Å². The molecule has 22 heavy (non-hydrogen) atoms. The number of anilines is 1. The Balaban J connectivity index is 2.20. The average molecular weight is 302 g/mol. The third-order valence-electron chi connectivity index (χ3n) is 3.17. The summed E-state index contributed by atoms with van der Waals surface area (Å²) in [6, 6.07) is 10.0. The fourth-order valence-electron chi connectivity index (χ4n) is 2.01. The molecule has 0 radical (unpaired) electrons. The van der Waals surface area contributed by atoms with E-state index in [1.807, 2.05) is 0 Å². The Hall–Kier alpha value is -2.60. The van der Waals surface area contributed by atoms with E-state index >= 15 is 0 Å². The van der Waals surface area contributed by atoms with Crippen molar-refractivity contribution in [3.8, 4) is 0 Å². The number of aliphatic hydroxyl groups is 1. The first-order valence-corrected chi connectivity index (χ1v) is 6.94. The summed E-state index contributed by atoms with van der Waals surface area (Å²) in [5, 5.41) is 11.5. The molecule has 0 atom stereocenters. The van der Waals surface area contributed by atoms with E-state index in [1.54, 1.807) is 43.4 Å². The van der Waals surface area contributed by atoms with E-state index in [0.29, 0.717) is 24.2 Å². The maximum atomic E-state index is 12.3. The zero-order valence-corrected chi connectivity index (χ0v) is 12.3. The number of aliphatic hydroxyl groups excluding tert-OH is 1. The molecule has 1 aromatic carbocycles. The molecule has 1 aromatic heterocycles. The molecule has 0 aliphatic heterocycles. The normalized spacial score (nSPS) is 10.3. The van der Waals surface area contributed by atoms with Gasteiger partial charge in [0.1, 0.15) is 0 Å². The zero-order chi connectivity index (χ0) is 15.9. The number of para-hydroxylation sites is 1. The van der Waals surface area contributed by atoms with Crippen LogP contribution in [-0.2, 0) is 0 Å². The molecule has 2 amide bonds. The van der Waals surface area contributed by atoms with Crippen molar-refractivity contribution in [2.75, 3.05) is 25.1 Å². The molecule has 2 N–H and O–H groups in total. The molecule has 0 aliphatic carbocycles. The Labute approximate surface area is 128 Å². The lowest BCUT2D eigenvalue weighted by Gasteiger charge is -2.19. The maximum absolute atomic E-state index is 12.3. The van der Waals surface area contributed by atoms with E-state index in [2.05, 4.69) is 5.32 Å². The predicted octanol–water partition coefficient (Wildman–Crippen LogP) is 1.67. The van der Waals surface area contributed by atoms with Crippen LogP contribution in [0.3, 0.4) is 0 Å². The summed E-state index contributed by atoms with van der Waals surface area (Å²) in [7, 11) is 1.59. The van der Waals surface area contributed by atoms with E-state index in [-0.39, 0.29) is 24.2 Å². The molecule has 1 heterocycles. The molecule has 6 nitrogen and oxygen atoms in total. The molecule has 6 heteroatoms. The zero-order valence-electron chi connectivity index (χ0n) is 12.3. The standard InChI is InChI=1S/C16H18N2O4/c1-18(16(21)14-8-4-11-22-14)13-7-3-2-6-12(13)15(20)17-9-5-10-19/h2-4,6-8,11,19H,5,9-10H2,1H3,(H,17,20). The highest BCUT2D eigenvalue weighted by Gasteiger charge is 2.20. The molecule has 0 fully saturated rings. The van der Waals surface area contributed by atoms with Gasteiger partial charge in [-0.1, -0.05) is 12.1 Å². The fraction of sp³-hybridized carbons (Fsp3) is 0.250. The Morgan fingerprint density at radius 1 is 1.23 bits per heavy atom. The number of hydrogen-bond donors (Lipinski definition) is 2. The van der Waals surface area contributed by atoms with Crippen LogP contribution in [-0.4, -0.2) is 37.1 Å². The average Bonchev–Trinajstić information content (AvgIpc) is 3.08. The first-order valence-electron chi connectivity index (χ1n) is 6.94. The van der Waals surface area contributed by atoms with Crippen molar-refractivity contribution in [1.82, 2.24) is 5.32 Å². The number of hydrogen-bond acceptors (Lipinski definition) is 4. The Morgan fingerprint density at radius 3 is 2.68 bits per heavy atom. The molecule has 0 unspecified atom stereocenters. The van der Waals surface area contributed by atoms with E-state index in [0.717, 1.165) is 0 Å². The summed E-state index contributed by atoms with van der Waals surface area (Å²) in [4.78, 5) is 25.9. The van der Waals surface area contributed by atoms with Crippen LogP contribution >= 0.6 is 0 Å². The molecule has 116 valence electrons. The van der Waals surface area contributed by atoms with Gasteiger partial charge in [-0.05, 0) is 30.7 Å². The van der Waals surface area contributed by atoms with Crippen LogP contribution in [0.25, 0.3) is 0 Å². The summed E-state index contributed by atoms with van der Waals surface area (Å²) < 4.78 is 5.10. The van der Waals surface area contributed by atoms with E-state index in [1.165, 1.54) is 11.2 Å². The number of carbonyl (C=O) groups excluding carboxylic acids is 2. The molecule has 0 saturated heterocycles. The molecule has 0 spiro atoms. The molecule has 0 saturated carbocycles. The number of rotatable bonds is 6. The van der Waals surface area contributed by atoms with Gasteiger partial charge in [-0.25, -0.2) is 0 Å². The third kappa shape index (κ3) is 3.53.